The molecule has 0 amide bonds. The van der Waals surface area contributed by atoms with Gasteiger partial charge in [-0.25, -0.2) is 0 Å². The Bertz CT molecular complexity index is 703. The molecule has 0 aliphatic heterocycles. The zero-order valence-electron chi connectivity index (χ0n) is 24.3. The van der Waals surface area contributed by atoms with E-state index in [0.717, 1.165) is 77.0 Å². The second-order valence-electron chi connectivity index (χ2n) is 8.64. The van der Waals surface area contributed by atoms with E-state index in [1.54, 1.807) is 0 Å². The van der Waals surface area contributed by atoms with Gasteiger partial charge in [0.05, 0.1) is 0 Å². The fourth-order valence-corrected chi connectivity index (χ4v) is 5.07. The van der Waals surface area contributed by atoms with E-state index < -0.39 is 0 Å². The van der Waals surface area contributed by atoms with Crippen molar-refractivity contribution in [3.05, 3.63) is 122 Å². The smallest absolute Gasteiger partial charge is 0.00715 e. The van der Waals surface area contributed by atoms with E-state index in [1.165, 1.54) is 11.5 Å². The molecule has 0 aliphatic carbocycles. The number of hydrogen-bond donors (Lipinski definition) is 0. The van der Waals surface area contributed by atoms with Crippen molar-refractivity contribution in [2.75, 3.05) is 11.5 Å². The Kier molecular flexibility index (Phi) is 33.3. The van der Waals surface area contributed by atoms with Crippen LogP contribution < -0.4 is 0 Å². The monoisotopic (exact) mass is 550 g/mol. The summed E-state index contributed by atoms with van der Waals surface area (Å²) in [6.07, 6.45) is 58.0. The molecule has 2 heteroatoms. The fraction of sp³-hybridized carbons (Fsp3) is 0.444. The first-order chi connectivity index (χ1) is 18.9. The van der Waals surface area contributed by atoms with Crippen LogP contribution >= 0.6 is 21.6 Å². The quantitative estimate of drug-likeness (QED) is 0.0629. The van der Waals surface area contributed by atoms with Gasteiger partial charge in [-0.05, 0) is 77.0 Å². The van der Waals surface area contributed by atoms with Crippen molar-refractivity contribution in [3.63, 3.8) is 0 Å². The molecule has 0 nitrogen and oxygen atoms in total. The predicted octanol–water partition coefficient (Wildman–Crippen LogP) is 12.7. The Morgan fingerprint density at radius 2 is 0.500 bits per heavy atom. The van der Waals surface area contributed by atoms with Crippen LogP contribution in [-0.2, 0) is 0 Å². The Balaban J connectivity index is 3.46. The Morgan fingerprint density at radius 1 is 0.289 bits per heavy atom. The molecule has 0 unspecified atom stereocenters. The van der Waals surface area contributed by atoms with E-state index >= 15 is 0 Å². The van der Waals surface area contributed by atoms with Crippen molar-refractivity contribution in [2.24, 2.45) is 0 Å². The highest BCUT2D eigenvalue weighted by Gasteiger charge is 1.88. The summed E-state index contributed by atoms with van der Waals surface area (Å²) in [6, 6.07) is 0. The number of allylic oxidation sites excluding steroid dienone is 20. The standard InChI is InChI=1S/C36H54S2/c1-3-5-7-9-11-13-15-17-19-21-23-25-27-29-31-33-35-37-38-36-34-32-30-28-26-24-22-20-18-16-14-12-10-8-6-4-2/h5-8,11-14,17-20,23-26,29-32H,3-4,9-10,15-16,21-22,27-28,33-36H2,1-2H3/b7-5-,8-6-,13-11-,14-12-,19-17-,20-18-,25-23-,26-24-,31-29-,32-30-. The molecule has 0 aromatic carbocycles. The van der Waals surface area contributed by atoms with Crippen molar-refractivity contribution in [3.8, 4) is 0 Å². The average molecular weight is 551 g/mol. The molecule has 0 fully saturated rings. The largest absolute Gasteiger partial charge is 0.0938 e. The summed E-state index contributed by atoms with van der Waals surface area (Å²) >= 11 is 0. The molecule has 0 N–H and O–H groups in total. The minimum Gasteiger partial charge on any atom is -0.0938 e. The van der Waals surface area contributed by atoms with Crippen LogP contribution in [0.15, 0.2) is 122 Å². The van der Waals surface area contributed by atoms with Crippen LogP contribution in [0.3, 0.4) is 0 Å². The summed E-state index contributed by atoms with van der Waals surface area (Å²) in [7, 11) is 3.99. The Morgan fingerprint density at radius 3 is 0.737 bits per heavy atom. The molecule has 0 atom stereocenters. The summed E-state index contributed by atoms with van der Waals surface area (Å²) in [5.41, 5.74) is 0. The number of rotatable bonds is 25. The third-order valence-corrected chi connectivity index (χ3v) is 7.61. The summed E-state index contributed by atoms with van der Waals surface area (Å²) in [5.74, 6) is 2.39. The van der Waals surface area contributed by atoms with Gasteiger partial charge in [0.1, 0.15) is 0 Å². The maximum atomic E-state index is 2.32. The van der Waals surface area contributed by atoms with Crippen molar-refractivity contribution < 1.29 is 0 Å². The van der Waals surface area contributed by atoms with Gasteiger partial charge < -0.3 is 0 Å². The molecule has 0 heterocycles. The van der Waals surface area contributed by atoms with E-state index in [1.807, 2.05) is 21.6 Å². The highest BCUT2D eigenvalue weighted by molar-refractivity contribution is 8.76. The molecular formula is C36H54S2. The van der Waals surface area contributed by atoms with Crippen LogP contribution in [0.4, 0.5) is 0 Å². The second kappa shape index (κ2) is 35.1. The van der Waals surface area contributed by atoms with Crippen LogP contribution in [-0.4, -0.2) is 11.5 Å². The van der Waals surface area contributed by atoms with E-state index in [2.05, 4.69) is 135 Å². The second-order valence-corrected chi connectivity index (χ2v) is 11.3. The van der Waals surface area contributed by atoms with E-state index in [-0.39, 0.29) is 0 Å². The summed E-state index contributed by atoms with van der Waals surface area (Å²) in [6.45, 7) is 4.34. The van der Waals surface area contributed by atoms with Gasteiger partial charge >= 0.3 is 0 Å². The highest BCUT2D eigenvalue weighted by Crippen LogP contribution is 2.23. The van der Waals surface area contributed by atoms with Gasteiger partial charge in [-0.1, -0.05) is 157 Å². The molecule has 0 spiro atoms. The van der Waals surface area contributed by atoms with Gasteiger partial charge in [0, 0.05) is 11.5 Å². The molecule has 0 aromatic heterocycles. The molecule has 0 radical (unpaired) electrons. The molecule has 0 aromatic rings. The Labute approximate surface area is 244 Å². The van der Waals surface area contributed by atoms with Gasteiger partial charge in [-0.2, -0.15) is 0 Å². The van der Waals surface area contributed by atoms with E-state index in [0.29, 0.717) is 0 Å². The molecule has 210 valence electrons. The van der Waals surface area contributed by atoms with Crippen LogP contribution in [0.2, 0.25) is 0 Å². The third kappa shape index (κ3) is 34.1. The molecule has 0 rings (SSSR count). The lowest BCUT2D eigenvalue weighted by atomic mass is 10.2. The van der Waals surface area contributed by atoms with Crippen LogP contribution in [0.1, 0.15) is 90.9 Å². The Hall–Kier alpha value is -1.90. The third-order valence-electron chi connectivity index (χ3n) is 5.13. The zero-order valence-corrected chi connectivity index (χ0v) is 25.9. The number of hydrogen-bond acceptors (Lipinski definition) is 2. The molecule has 0 saturated carbocycles. The summed E-state index contributed by atoms with van der Waals surface area (Å²) in [4.78, 5) is 0. The summed E-state index contributed by atoms with van der Waals surface area (Å²) < 4.78 is 0. The molecule has 0 saturated heterocycles. The molecule has 0 bridgehead atoms. The van der Waals surface area contributed by atoms with Gasteiger partial charge in [-0.3, -0.25) is 0 Å². The van der Waals surface area contributed by atoms with Crippen LogP contribution in [0.5, 0.6) is 0 Å². The van der Waals surface area contributed by atoms with Crippen LogP contribution in [0.25, 0.3) is 0 Å². The highest BCUT2D eigenvalue weighted by atomic mass is 33.1. The van der Waals surface area contributed by atoms with Gasteiger partial charge in [0.15, 0.2) is 0 Å². The maximum absolute atomic E-state index is 2.32. The normalized spacial score (nSPS) is 13.6. The van der Waals surface area contributed by atoms with Crippen molar-refractivity contribution in [1.29, 1.82) is 0 Å². The van der Waals surface area contributed by atoms with Gasteiger partial charge in [-0.15, -0.1) is 0 Å². The van der Waals surface area contributed by atoms with Crippen LogP contribution in [0, 0.1) is 0 Å². The minimum absolute atomic E-state index is 1.03. The molecule has 38 heavy (non-hydrogen) atoms. The first-order valence-electron chi connectivity index (χ1n) is 14.7. The summed E-state index contributed by atoms with van der Waals surface area (Å²) in [5, 5.41) is 0. The van der Waals surface area contributed by atoms with Gasteiger partial charge in [0.2, 0.25) is 0 Å². The predicted molar refractivity (Wildman–Crippen MR) is 183 cm³/mol. The zero-order chi connectivity index (χ0) is 27.5. The van der Waals surface area contributed by atoms with Crippen molar-refractivity contribution >= 4 is 21.6 Å². The lowest BCUT2D eigenvalue weighted by Gasteiger charge is -1.96. The molecule has 0 aliphatic rings. The van der Waals surface area contributed by atoms with Crippen molar-refractivity contribution in [1.82, 2.24) is 0 Å². The van der Waals surface area contributed by atoms with E-state index in [9.17, 15) is 0 Å². The molecular weight excluding hydrogens is 497 g/mol. The minimum atomic E-state index is 1.03. The van der Waals surface area contributed by atoms with Crippen molar-refractivity contribution in [2.45, 2.75) is 90.9 Å². The van der Waals surface area contributed by atoms with Gasteiger partial charge in [0.25, 0.3) is 0 Å². The lowest BCUT2D eigenvalue weighted by Crippen LogP contribution is -1.75. The fourth-order valence-electron chi connectivity index (χ4n) is 3.09. The average Bonchev–Trinajstić information content (AvgIpc) is 2.93. The topological polar surface area (TPSA) is 0 Å². The first-order valence-corrected chi connectivity index (χ1v) is 17.1. The first kappa shape index (κ1) is 36.1. The SMILES string of the molecule is CC/C=C\C/C=C\C/C=C\C/C=C\C/C=C\CCSSCC/C=C\C/C=C\C/C=C\C/C=C\C/C=C\CC. The maximum Gasteiger partial charge on any atom is 0.00715 e. The lowest BCUT2D eigenvalue weighted by molar-refractivity contribution is 1.19. The van der Waals surface area contributed by atoms with E-state index in [4.69, 9.17) is 0 Å².